The van der Waals surface area contributed by atoms with Gasteiger partial charge in [0.25, 0.3) is 0 Å². The van der Waals surface area contributed by atoms with E-state index in [9.17, 15) is 0 Å². The SMILES string of the molecule is C=CCCCc1cc(OC)ccc1Br. The van der Waals surface area contributed by atoms with Gasteiger partial charge in [-0.25, -0.2) is 0 Å². The standard InChI is InChI=1S/C12H15BrO/c1-3-4-5-6-10-9-11(14-2)7-8-12(10)13/h3,7-9H,1,4-6H2,2H3. The van der Waals surface area contributed by atoms with E-state index in [1.807, 2.05) is 18.2 Å². The fourth-order valence-electron chi connectivity index (χ4n) is 1.31. The van der Waals surface area contributed by atoms with Crippen molar-refractivity contribution >= 4 is 15.9 Å². The predicted octanol–water partition coefficient (Wildman–Crippen LogP) is 3.97. The van der Waals surface area contributed by atoms with Crippen LogP contribution in [0.5, 0.6) is 5.75 Å². The predicted molar refractivity (Wildman–Crippen MR) is 63.8 cm³/mol. The summed E-state index contributed by atoms with van der Waals surface area (Å²) >= 11 is 3.53. The summed E-state index contributed by atoms with van der Waals surface area (Å²) in [5.41, 5.74) is 1.30. The Kier molecular flexibility index (Phi) is 4.74. The van der Waals surface area contributed by atoms with Crippen LogP contribution in [0.3, 0.4) is 0 Å². The molecule has 0 fully saturated rings. The van der Waals surface area contributed by atoms with E-state index in [2.05, 4.69) is 28.6 Å². The van der Waals surface area contributed by atoms with Crippen LogP contribution < -0.4 is 4.74 Å². The summed E-state index contributed by atoms with van der Waals surface area (Å²) in [6.07, 6.45) is 5.21. The van der Waals surface area contributed by atoms with Crippen LogP contribution in [0.25, 0.3) is 0 Å². The van der Waals surface area contributed by atoms with Gasteiger partial charge in [0.15, 0.2) is 0 Å². The van der Waals surface area contributed by atoms with Gasteiger partial charge in [0.1, 0.15) is 5.75 Å². The number of hydrogen-bond acceptors (Lipinski definition) is 1. The van der Waals surface area contributed by atoms with Crippen LogP contribution in [0.2, 0.25) is 0 Å². The van der Waals surface area contributed by atoms with Crippen LogP contribution in [-0.2, 0) is 6.42 Å². The minimum absolute atomic E-state index is 0.918. The summed E-state index contributed by atoms with van der Waals surface area (Å²) in [6, 6.07) is 6.07. The fraction of sp³-hybridized carbons (Fsp3) is 0.333. The van der Waals surface area contributed by atoms with E-state index in [4.69, 9.17) is 4.74 Å². The molecule has 0 aliphatic rings. The lowest BCUT2D eigenvalue weighted by atomic mass is 10.1. The third kappa shape index (κ3) is 3.18. The third-order valence-electron chi connectivity index (χ3n) is 2.11. The van der Waals surface area contributed by atoms with Crippen molar-refractivity contribution in [3.63, 3.8) is 0 Å². The van der Waals surface area contributed by atoms with Crippen LogP contribution in [0.15, 0.2) is 35.3 Å². The van der Waals surface area contributed by atoms with Gasteiger partial charge in [-0.3, -0.25) is 0 Å². The molecule has 76 valence electrons. The first-order valence-corrected chi connectivity index (χ1v) is 5.50. The second-order valence-corrected chi connectivity index (χ2v) is 3.99. The Morgan fingerprint density at radius 2 is 2.29 bits per heavy atom. The number of halogens is 1. The first-order chi connectivity index (χ1) is 6.77. The maximum absolute atomic E-state index is 5.18. The van der Waals surface area contributed by atoms with Gasteiger partial charge in [-0.1, -0.05) is 22.0 Å². The summed E-state index contributed by atoms with van der Waals surface area (Å²) in [5, 5.41) is 0. The summed E-state index contributed by atoms with van der Waals surface area (Å²) < 4.78 is 6.33. The first kappa shape index (κ1) is 11.3. The topological polar surface area (TPSA) is 9.23 Å². The number of rotatable bonds is 5. The number of methoxy groups -OCH3 is 1. The average molecular weight is 255 g/mol. The number of aryl methyl sites for hydroxylation is 1. The molecule has 1 nitrogen and oxygen atoms in total. The largest absolute Gasteiger partial charge is 0.497 e. The highest BCUT2D eigenvalue weighted by Crippen LogP contribution is 2.23. The van der Waals surface area contributed by atoms with E-state index in [0.29, 0.717) is 0 Å². The second kappa shape index (κ2) is 5.86. The molecule has 0 aliphatic carbocycles. The highest BCUT2D eigenvalue weighted by molar-refractivity contribution is 9.10. The maximum atomic E-state index is 5.18. The first-order valence-electron chi connectivity index (χ1n) is 4.71. The average Bonchev–Trinajstić information content (AvgIpc) is 2.21. The highest BCUT2D eigenvalue weighted by Gasteiger charge is 2.01. The lowest BCUT2D eigenvalue weighted by molar-refractivity contribution is 0.414. The zero-order valence-corrected chi connectivity index (χ0v) is 10.0. The molecular formula is C12H15BrO. The van der Waals surface area contributed by atoms with Gasteiger partial charge in [-0.2, -0.15) is 0 Å². The smallest absolute Gasteiger partial charge is 0.119 e. The van der Waals surface area contributed by atoms with E-state index >= 15 is 0 Å². The molecule has 0 spiro atoms. The van der Waals surface area contributed by atoms with Crippen LogP contribution in [0.4, 0.5) is 0 Å². The lowest BCUT2D eigenvalue weighted by Crippen LogP contribution is -1.89. The second-order valence-electron chi connectivity index (χ2n) is 3.14. The summed E-state index contributed by atoms with van der Waals surface area (Å²) in [7, 11) is 1.69. The highest BCUT2D eigenvalue weighted by atomic mass is 79.9. The Morgan fingerprint density at radius 3 is 2.93 bits per heavy atom. The summed E-state index contributed by atoms with van der Waals surface area (Å²) in [4.78, 5) is 0. The molecule has 0 unspecified atom stereocenters. The van der Waals surface area contributed by atoms with Gasteiger partial charge >= 0.3 is 0 Å². The third-order valence-corrected chi connectivity index (χ3v) is 2.88. The van der Waals surface area contributed by atoms with Crippen molar-refractivity contribution < 1.29 is 4.74 Å². The summed E-state index contributed by atoms with van der Waals surface area (Å²) in [6.45, 7) is 3.71. The number of benzene rings is 1. The van der Waals surface area contributed by atoms with Gasteiger partial charge in [-0.15, -0.1) is 6.58 Å². The molecule has 2 heteroatoms. The molecule has 0 saturated carbocycles. The molecule has 0 atom stereocenters. The Hall–Kier alpha value is -0.760. The molecule has 0 aliphatic heterocycles. The minimum atomic E-state index is 0.918. The Morgan fingerprint density at radius 1 is 1.50 bits per heavy atom. The number of ether oxygens (including phenoxy) is 1. The Labute approximate surface area is 93.9 Å². The van der Waals surface area contributed by atoms with Crippen LogP contribution in [0, 0.1) is 0 Å². The lowest BCUT2D eigenvalue weighted by Gasteiger charge is -2.06. The van der Waals surface area contributed by atoms with Crippen LogP contribution in [0.1, 0.15) is 18.4 Å². The van der Waals surface area contributed by atoms with Crippen molar-refractivity contribution in [3.8, 4) is 5.75 Å². The molecule has 0 bridgehead atoms. The van der Waals surface area contributed by atoms with E-state index in [-0.39, 0.29) is 0 Å². The van der Waals surface area contributed by atoms with E-state index < -0.39 is 0 Å². The normalized spacial score (nSPS) is 9.86. The number of unbranched alkanes of at least 4 members (excludes halogenated alkanes) is 1. The van der Waals surface area contributed by atoms with Crippen molar-refractivity contribution in [2.45, 2.75) is 19.3 Å². The van der Waals surface area contributed by atoms with Crippen molar-refractivity contribution in [3.05, 3.63) is 40.9 Å². The number of hydrogen-bond donors (Lipinski definition) is 0. The van der Waals surface area contributed by atoms with E-state index in [1.54, 1.807) is 7.11 Å². The van der Waals surface area contributed by atoms with Gasteiger partial charge in [0.05, 0.1) is 7.11 Å². The van der Waals surface area contributed by atoms with Crippen LogP contribution in [-0.4, -0.2) is 7.11 Å². The van der Waals surface area contributed by atoms with Crippen molar-refractivity contribution in [2.75, 3.05) is 7.11 Å². The van der Waals surface area contributed by atoms with Gasteiger partial charge in [0.2, 0.25) is 0 Å². The Balaban J connectivity index is 2.68. The molecule has 0 N–H and O–H groups in total. The van der Waals surface area contributed by atoms with Crippen LogP contribution >= 0.6 is 15.9 Å². The van der Waals surface area contributed by atoms with E-state index in [1.165, 1.54) is 5.56 Å². The molecule has 1 aromatic carbocycles. The van der Waals surface area contributed by atoms with Gasteiger partial charge in [-0.05, 0) is 43.0 Å². The zero-order chi connectivity index (χ0) is 10.4. The quantitative estimate of drug-likeness (QED) is 0.571. The molecule has 0 heterocycles. The molecule has 1 rings (SSSR count). The zero-order valence-electron chi connectivity index (χ0n) is 8.42. The number of allylic oxidation sites excluding steroid dienone is 1. The Bertz CT molecular complexity index is 307. The molecule has 0 saturated heterocycles. The van der Waals surface area contributed by atoms with E-state index in [0.717, 1.165) is 29.5 Å². The molecule has 0 aromatic heterocycles. The van der Waals surface area contributed by atoms with Crippen molar-refractivity contribution in [1.82, 2.24) is 0 Å². The van der Waals surface area contributed by atoms with Crippen molar-refractivity contribution in [2.24, 2.45) is 0 Å². The summed E-state index contributed by atoms with van der Waals surface area (Å²) in [5.74, 6) is 0.918. The minimum Gasteiger partial charge on any atom is -0.497 e. The molecule has 14 heavy (non-hydrogen) atoms. The van der Waals surface area contributed by atoms with Gasteiger partial charge < -0.3 is 4.74 Å². The maximum Gasteiger partial charge on any atom is 0.119 e. The van der Waals surface area contributed by atoms with Crippen molar-refractivity contribution in [1.29, 1.82) is 0 Å². The fourth-order valence-corrected chi connectivity index (χ4v) is 1.75. The van der Waals surface area contributed by atoms with Gasteiger partial charge in [0, 0.05) is 4.47 Å². The monoisotopic (exact) mass is 254 g/mol. The molecule has 0 amide bonds. The molecule has 0 radical (unpaired) electrons. The molecule has 1 aromatic rings. The molecular weight excluding hydrogens is 240 g/mol.